The Bertz CT molecular complexity index is 1270. The number of methoxy groups -OCH3 is 1. The largest absolute Gasteiger partial charge is 0.487 e. The molecule has 0 radical (unpaired) electrons. The van der Waals surface area contributed by atoms with Crippen LogP contribution >= 0.6 is 0 Å². The second kappa shape index (κ2) is 10.4. The molecule has 0 unspecified atom stereocenters. The van der Waals surface area contributed by atoms with Crippen LogP contribution in [0.25, 0.3) is 0 Å². The number of hydrogen-bond acceptors (Lipinski definition) is 5. The molecule has 0 heterocycles. The maximum Gasteiger partial charge on any atom is 0.416 e. The second-order valence-corrected chi connectivity index (χ2v) is 9.68. The lowest BCUT2D eigenvalue weighted by Gasteiger charge is -2.30. The Kier molecular flexibility index (Phi) is 7.74. The van der Waals surface area contributed by atoms with Gasteiger partial charge in [0.2, 0.25) is 0 Å². The summed E-state index contributed by atoms with van der Waals surface area (Å²) in [7, 11) is -2.86. The molecule has 0 amide bonds. The highest BCUT2D eigenvalue weighted by atomic mass is 32.2. The maximum absolute atomic E-state index is 13.4. The Labute approximate surface area is 202 Å². The molecule has 0 spiro atoms. The highest BCUT2D eigenvalue weighted by Gasteiger charge is 2.34. The molecule has 6 nitrogen and oxygen atoms in total. The Morgan fingerprint density at radius 1 is 0.971 bits per heavy atom. The number of alkyl halides is 3. The molecule has 0 atom stereocenters. The van der Waals surface area contributed by atoms with Gasteiger partial charge in [-0.3, -0.25) is 4.31 Å². The molecule has 0 aliphatic carbocycles. The number of halogens is 3. The summed E-state index contributed by atoms with van der Waals surface area (Å²) in [5.41, 5.74) is -0.139. The fourth-order valence-electron chi connectivity index (χ4n) is 3.40. The molecular formula is C25H24F3NO5S. The van der Waals surface area contributed by atoms with Crippen LogP contribution in [0.2, 0.25) is 0 Å². The average Bonchev–Trinajstić information content (AvgIpc) is 2.82. The lowest BCUT2D eigenvalue weighted by Crippen LogP contribution is -2.37. The van der Waals surface area contributed by atoms with Crippen LogP contribution in [-0.2, 0) is 27.5 Å². The molecule has 0 aliphatic rings. The summed E-state index contributed by atoms with van der Waals surface area (Å²) < 4.78 is 78.6. The van der Waals surface area contributed by atoms with Crippen LogP contribution in [0.15, 0.2) is 77.7 Å². The minimum absolute atomic E-state index is 0.00190. The molecule has 3 aromatic rings. The van der Waals surface area contributed by atoms with Crippen molar-refractivity contribution in [3.8, 4) is 5.75 Å². The third kappa shape index (κ3) is 5.94. The normalized spacial score (nSPS) is 11.9. The first-order chi connectivity index (χ1) is 16.4. The summed E-state index contributed by atoms with van der Waals surface area (Å²) in [5, 5.41) is 0. The van der Waals surface area contributed by atoms with Gasteiger partial charge in [-0.2, -0.15) is 13.2 Å². The van der Waals surface area contributed by atoms with E-state index in [1.54, 1.807) is 44.2 Å². The summed E-state index contributed by atoms with van der Waals surface area (Å²) in [6.07, 6.45) is -4.65. The van der Waals surface area contributed by atoms with E-state index in [-0.39, 0.29) is 22.9 Å². The zero-order valence-corrected chi connectivity index (χ0v) is 20.1. The Morgan fingerprint density at radius 2 is 1.60 bits per heavy atom. The molecule has 186 valence electrons. The first-order valence-corrected chi connectivity index (χ1v) is 12.0. The third-order valence-electron chi connectivity index (χ3n) is 5.06. The van der Waals surface area contributed by atoms with E-state index in [0.29, 0.717) is 11.1 Å². The average molecular weight is 508 g/mol. The molecule has 0 aromatic heterocycles. The van der Waals surface area contributed by atoms with Crippen molar-refractivity contribution in [2.45, 2.75) is 37.6 Å². The van der Waals surface area contributed by atoms with E-state index in [1.165, 1.54) is 31.4 Å². The number of rotatable bonds is 8. The number of ether oxygens (including phenoxy) is 2. The summed E-state index contributed by atoms with van der Waals surface area (Å²) in [6.45, 7) is 3.08. The van der Waals surface area contributed by atoms with Gasteiger partial charge in [-0.15, -0.1) is 0 Å². The summed E-state index contributed by atoms with van der Waals surface area (Å²) in [6, 6.07) is 15.8. The van der Waals surface area contributed by atoms with E-state index in [2.05, 4.69) is 4.74 Å². The zero-order chi connectivity index (χ0) is 25.8. The smallest absolute Gasteiger partial charge is 0.416 e. The second-order valence-electron chi connectivity index (χ2n) is 7.87. The number of hydrogen-bond donors (Lipinski definition) is 0. The maximum atomic E-state index is 13.4. The topological polar surface area (TPSA) is 72.9 Å². The SMILES string of the molecule is COC(=O)c1ccc(COc2cc(C(F)(F)F)ccc2N(C(C)C)S(=O)(=O)c2ccccc2)cc1. The molecule has 0 bridgehead atoms. The molecule has 0 saturated heterocycles. The van der Waals surface area contributed by atoms with Crippen molar-refractivity contribution in [2.75, 3.05) is 11.4 Å². The van der Waals surface area contributed by atoms with Gasteiger partial charge >= 0.3 is 12.1 Å². The van der Waals surface area contributed by atoms with Crippen LogP contribution in [0.3, 0.4) is 0 Å². The molecule has 0 N–H and O–H groups in total. The summed E-state index contributed by atoms with van der Waals surface area (Å²) in [5.74, 6) is -0.776. The molecular weight excluding hydrogens is 483 g/mol. The molecule has 3 rings (SSSR count). The first kappa shape index (κ1) is 26.1. The van der Waals surface area contributed by atoms with Gasteiger partial charge in [0.1, 0.15) is 12.4 Å². The van der Waals surface area contributed by atoms with Crippen molar-refractivity contribution in [3.63, 3.8) is 0 Å². The van der Waals surface area contributed by atoms with Gasteiger partial charge in [0, 0.05) is 6.04 Å². The van der Waals surface area contributed by atoms with Gasteiger partial charge in [0.25, 0.3) is 10.0 Å². The Hall–Kier alpha value is -3.53. The van der Waals surface area contributed by atoms with Crippen molar-refractivity contribution < 1.29 is 35.9 Å². The number of carbonyl (C=O) groups excluding carboxylic acids is 1. The molecule has 35 heavy (non-hydrogen) atoms. The van der Waals surface area contributed by atoms with Gasteiger partial charge < -0.3 is 9.47 Å². The fraction of sp³-hybridized carbons (Fsp3) is 0.240. The van der Waals surface area contributed by atoms with Crippen molar-refractivity contribution in [1.29, 1.82) is 0 Å². The van der Waals surface area contributed by atoms with E-state index in [1.807, 2.05) is 0 Å². The van der Waals surface area contributed by atoms with E-state index in [4.69, 9.17) is 4.74 Å². The van der Waals surface area contributed by atoms with Crippen molar-refractivity contribution in [3.05, 3.63) is 89.5 Å². The van der Waals surface area contributed by atoms with Crippen molar-refractivity contribution in [2.24, 2.45) is 0 Å². The summed E-state index contributed by atoms with van der Waals surface area (Å²) in [4.78, 5) is 11.6. The number of benzene rings is 3. The van der Waals surface area contributed by atoms with Gasteiger partial charge in [0.15, 0.2) is 0 Å². The van der Waals surface area contributed by atoms with Gasteiger partial charge in [0.05, 0.1) is 28.8 Å². The van der Waals surface area contributed by atoms with Crippen LogP contribution in [-0.4, -0.2) is 27.5 Å². The lowest BCUT2D eigenvalue weighted by molar-refractivity contribution is -0.137. The number of nitrogens with zero attached hydrogens (tertiary/aromatic N) is 1. The lowest BCUT2D eigenvalue weighted by atomic mass is 10.1. The minimum atomic E-state index is -4.65. The van der Waals surface area contributed by atoms with Crippen LogP contribution in [0, 0.1) is 0 Å². The van der Waals surface area contributed by atoms with Crippen LogP contribution in [0.5, 0.6) is 5.75 Å². The number of carbonyl (C=O) groups is 1. The summed E-state index contributed by atoms with van der Waals surface area (Å²) >= 11 is 0. The highest BCUT2D eigenvalue weighted by Crippen LogP contribution is 2.39. The molecule has 0 fully saturated rings. The first-order valence-electron chi connectivity index (χ1n) is 10.6. The molecule has 10 heteroatoms. The predicted molar refractivity (Wildman–Crippen MR) is 125 cm³/mol. The van der Waals surface area contributed by atoms with Crippen LogP contribution in [0.1, 0.15) is 35.3 Å². The van der Waals surface area contributed by atoms with Gasteiger partial charge in [-0.1, -0.05) is 30.3 Å². The highest BCUT2D eigenvalue weighted by molar-refractivity contribution is 7.92. The molecule has 0 saturated carbocycles. The number of anilines is 1. The third-order valence-corrected chi connectivity index (χ3v) is 7.07. The zero-order valence-electron chi connectivity index (χ0n) is 19.2. The minimum Gasteiger partial charge on any atom is -0.487 e. The predicted octanol–water partition coefficient (Wildman–Crippen LogP) is 5.67. The van der Waals surface area contributed by atoms with Crippen LogP contribution in [0.4, 0.5) is 18.9 Å². The number of esters is 1. The van der Waals surface area contributed by atoms with Crippen molar-refractivity contribution >= 4 is 21.7 Å². The van der Waals surface area contributed by atoms with E-state index >= 15 is 0 Å². The number of sulfonamides is 1. The van der Waals surface area contributed by atoms with Crippen LogP contribution < -0.4 is 9.04 Å². The van der Waals surface area contributed by atoms with Gasteiger partial charge in [-0.25, -0.2) is 13.2 Å². The standard InChI is InChI=1S/C25H24F3NO5S/c1-17(2)29(35(31,32)21-7-5-4-6-8-21)22-14-13-20(25(26,27)28)15-23(22)34-16-18-9-11-19(12-10-18)24(30)33-3/h4-15,17H,16H2,1-3H3. The van der Waals surface area contributed by atoms with E-state index in [0.717, 1.165) is 22.5 Å². The molecule has 0 aliphatic heterocycles. The monoisotopic (exact) mass is 507 g/mol. The molecule has 3 aromatic carbocycles. The fourth-order valence-corrected chi connectivity index (χ4v) is 5.09. The Morgan fingerprint density at radius 3 is 2.14 bits per heavy atom. The van der Waals surface area contributed by atoms with Crippen molar-refractivity contribution in [1.82, 2.24) is 0 Å². The quantitative estimate of drug-likeness (QED) is 0.367. The van der Waals surface area contributed by atoms with E-state index < -0.39 is 33.8 Å². The van der Waals surface area contributed by atoms with Gasteiger partial charge in [-0.05, 0) is 61.9 Å². The van der Waals surface area contributed by atoms with E-state index in [9.17, 15) is 26.4 Å². The Balaban J connectivity index is 2.03.